The van der Waals surface area contributed by atoms with Crippen molar-refractivity contribution in [2.45, 2.75) is 51.4 Å². The number of carboxylic acids is 1. The maximum atomic E-state index is 12.8. The molecule has 1 amide bonds. The molecule has 0 aromatic heterocycles. The van der Waals surface area contributed by atoms with Crippen molar-refractivity contribution in [3.8, 4) is 5.75 Å². The molecular weight excluding hydrogens is 399 g/mol. The van der Waals surface area contributed by atoms with E-state index in [0.29, 0.717) is 30.7 Å². The Bertz CT molecular complexity index is 715. The Morgan fingerprint density at radius 1 is 1.24 bits per heavy atom. The summed E-state index contributed by atoms with van der Waals surface area (Å²) in [6.07, 6.45) is -0.371. The molecule has 0 saturated heterocycles. The molecule has 0 bridgehead atoms. The Labute approximate surface area is 172 Å². The van der Waals surface area contributed by atoms with Gasteiger partial charge in [0.1, 0.15) is 11.5 Å². The van der Waals surface area contributed by atoms with E-state index in [2.05, 4.69) is 5.32 Å². The van der Waals surface area contributed by atoms with Crippen LogP contribution in [-0.4, -0.2) is 47.4 Å². The van der Waals surface area contributed by atoms with E-state index in [0.717, 1.165) is 0 Å². The lowest BCUT2D eigenvalue weighted by atomic mass is 10.1. The molecule has 29 heavy (non-hydrogen) atoms. The van der Waals surface area contributed by atoms with Crippen LogP contribution in [0.2, 0.25) is 0 Å². The van der Waals surface area contributed by atoms with Gasteiger partial charge in [0, 0.05) is 1.43 Å². The predicted molar refractivity (Wildman–Crippen MR) is 111 cm³/mol. The van der Waals surface area contributed by atoms with Crippen molar-refractivity contribution in [2.75, 3.05) is 13.7 Å². The molecule has 0 aliphatic heterocycles. The number of carboxylic acid groups (broad SMARTS) is 1. The fourth-order valence-electron chi connectivity index (χ4n) is 2.71. The van der Waals surface area contributed by atoms with E-state index >= 15 is 0 Å². The summed E-state index contributed by atoms with van der Waals surface area (Å²) in [4.78, 5) is 34.2. The highest BCUT2D eigenvalue weighted by molar-refractivity contribution is 7.53. The number of methoxy groups -OCH3 is 1. The lowest BCUT2D eigenvalue weighted by Crippen LogP contribution is -2.40. The van der Waals surface area contributed by atoms with Gasteiger partial charge in [-0.2, -0.15) is 0 Å². The molecule has 0 heterocycles. The zero-order chi connectivity index (χ0) is 22.0. The van der Waals surface area contributed by atoms with Gasteiger partial charge in [-0.05, 0) is 49.4 Å². The van der Waals surface area contributed by atoms with Gasteiger partial charge in [0.25, 0.3) is 0 Å². The lowest BCUT2D eigenvalue weighted by Gasteiger charge is -2.28. The minimum Gasteiger partial charge on any atom is -0.497 e. The number of rotatable bonds is 13. The molecule has 9 nitrogen and oxygen atoms in total. The Balaban J connectivity index is 0.00000841. The van der Waals surface area contributed by atoms with E-state index in [1.165, 1.54) is 7.11 Å². The number of hydrogen-bond donors (Lipinski definition) is 4. The number of benzene rings is 1. The van der Waals surface area contributed by atoms with E-state index in [9.17, 15) is 24.2 Å². The van der Waals surface area contributed by atoms with Gasteiger partial charge in [0.2, 0.25) is 5.91 Å². The van der Waals surface area contributed by atoms with Crippen LogP contribution in [0.1, 0.15) is 40.1 Å². The molecule has 5 N–H and O–H groups in total. The topological polar surface area (TPSA) is 148 Å². The molecule has 0 saturated carbocycles. The van der Waals surface area contributed by atoms with Crippen LogP contribution in [0.4, 0.5) is 0 Å². The zero-order valence-corrected chi connectivity index (χ0v) is 17.9. The van der Waals surface area contributed by atoms with Crippen molar-refractivity contribution < 1.29 is 34.8 Å². The van der Waals surface area contributed by atoms with E-state index in [-0.39, 0.29) is 14.3 Å². The number of amides is 1. The molecule has 0 fully saturated rings. The van der Waals surface area contributed by atoms with Gasteiger partial charge in [-0.25, -0.2) is 4.79 Å². The minimum absolute atomic E-state index is 0. The second kappa shape index (κ2) is 11.9. The van der Waals surface area contributed by atoms with Crippen LogP contribution in [0.5, 0.6) is 5.75 Å². The van der Waals surface area contributed by atoms with Gasteiger partial charge in [0.05, 0.1) is 13.5 Å². The second-order valence-electron chi connectivity index (χ2n) is 7.06. The van der Waals surface area contributed by atoms with Crippen molar-refractivity contribution in [1.82, 2.24) is 5.32 Å². The summed E-state index contributed by atoms with van der Waals surface area (Å²) in [5.41, 5.74) is 6.09. The first-order valence-electron chi connectivity index (χ1n) is 9.46. The van der Waals surface area contributed by atoms with Crippen LogP contribution in [0.3, 0.4) is 0 Å². The molecular formula is C19H33N2O7P. The number of nitrogens with two attached hydrogens (primary N) is 1. The number of nitrogens with one attached hydrogen (secondary N) is 1. The Morgan fingerprint density at radius 2 is 1.86 bits per heavy atom. The molecule has 1 rings (SSSR count). The molecule has 1 aromatic carbocycles. The monoisotopic (exact) mass is 432 g/mol. The molecule has 3 atom stereocenters. The molecule has 166 valence electrons. The van der Waals surface area contributed by atoms with Crippen LogP contribution < -0.4 is 15.8 Å². The van der Waals surface area contributed by atoms with Crippen molar-refractivity contribution in [2.24, 2.45) is 11.7 Å². The molecule has 10 heteroatoms. The molecule has 0 spiro atoms. The summed E-state index contributed by atoms with van der Waals surface area (Å²) in [6, 6.07) is 6.86. The first-order chi connectivity index (χ1) is 13.6. The third-order valence-electron chi connectivity index (χ3n) is 4.29. The average Bonchev–Trinajstić information content (AvgIpc) is 2.65. The maximum Gasteiger partial charge on any atom is 0.351 e. The second-order valence-corrected chi connectivity index (χ2v) is 8.96. The standard InChI is InChI=1S/C19H31N2O7P.H2/c1-13(2)18(21-17(22)12-14-7-9-15(27-3)10-8-14)29(25,26)28-16(19(23)24)6-4-5-11-20;/h7-10,13,16,18H,4-6,11-12,20H2,1-3H3,(H,21,22)(H,23,24)(H,25,26);1H. The quantitative estimate of drug-likeness (QED) is 0.274. The molecule has 0 aliphatic carbocycles. The molecule has 1 aromatic rings. The SMILES string of the molecule is COc1ccc(CC(=O)NC(C(C)C)P(=O)(O)OC(CCCCN)C(=O)O)cc1.[HH]. The smallest absolute Gasteiger partial charge is 0.351 e. The van der Waals surface area contributed by atoms with Gasteiger partial charge in [-0.1, -0.05) is 26.0 Å². The van der Waals surface area contributed by atoms with Crippen molar-refractivity contribution >= 4 is 19.5 Å². The minimum atomic E-state index is -4.45. The number of hydrogen-bond acceptors (Lipinski definition) is 6. The van der Waals surface area contributed by atoms with Crippen LogP contribution >= 0.6 is 7.60 Å². The van der Waals surface area contributed by atoms with E-state index in [1.807, 2.05) is 0 Å². The summed E-state index contributed by atoms with van der Waals surface area (Å²) in [5, 5.41) is 11.8. The summed E-state index contributed by atoms with van der Waals surface area (Å²) in [5.74, 6) is -2.84. The van der Waals surface area contributed by atoms with Crippen LogP contribution in [0.25, 0.3) is 0 Å². The highest BCUT2D eigenvalue weighted by Crippen LogP contribution is 2.50. The van der Waals surface area contributed by atoms with Crippen molar-refractivity contribution in [3.63, 3.8) is 0 Å². The van der Waals surface area contributed by atoms with Gasteiger partial charge in [-0.3, -0.25) is 13.9 Å². The van der Waals surface area contributed by atoms with Crippen LogP contribution in [-0.2, 0) is 25.1 Å². The average molecular weight is 432 g/mol. The first-order valence-corrected chi connectivity index (χ1v) is 11.1. The normalized spacial score (nSPS) is 15.4. The third-order valence-corrected chi connectivity index (χ3v) is 6.27. The highest BCUT2D eigenvalue weighted by Gasteiger charge is 2.40. The Hall–Kier alpha value is -1.93. The number of carbonyl (C=O) groups is 2. The first kappa shape index (κ1) is 25.1. The molecule has 3 unspecified atom stereocenters. The van der Waals surface area contributed by atoms with Crippen LogP contribution in [0, 0.1) is 5.92 Å². The van der Waals surface area contributed by atoms with Gasteiger partial charge in [0.15, 0.2) is 6.10 Å². The summed E-state index contributed by atoms with van der Waals surface area (Å²) in [7, 11) is -2.92. The molecule has 0 aliphatic rings. The number of carbonyl (C=O) groups excluding carboxylic acids is 1. The highest BCUT2D eigenvalue weighted by atomic mass is 31.2. The van der Waals surface area contributed by atoms with Crippen LogP contribution in [0.15, 0.2) is 24.3 Å². The summed E-state index contributed by atoms with van der Waals surface area (Å²) >= 11 is 0. The van der Waals surface area contributed by atoms with E-state index in [1.54, 1.807) is 38.1 Å². The largest absolute Gasteiger partial charge is 0.497 e. The number of unbranched alkanes of at least 4 members (excludes halogenated alkanes) is 1. The maximum absolute atomic E-state index is 12.8. The van der Waals surface area contributed by atoms with Gasteiger partial charge < -0.3 is 25.8 Å². The summed E-state index contributed by atoms with van der Waals surface area (Å²) in [6.45, 7) is 3.68. The fourth-order valence-corrected chi connectivity index (χ4v) is 4.46. The Morgan fingerprint density at radius 3 is 2.34 bits per heavy atom. The Kier molecular flexibility index (Phi) is 10.3. The third kappa shape index (κ3) is 8.53. The number of aliphatic carboxylic acids is 1. The predicted octanol–water partition coefficient (Wildman–Crippen LogP) is 2.37. The number of ether oxygens (including phenoxy) is 1. The zero-order valence-electron chi connectivity index (χ0n) is 17.0. The van der Waals surface area contributed by atoms with Crippen molar-refractivity contribution in [3.05, 3.63) is 29.8 Å². The van der Waals surface area contributed by atoms with Gasteiger partial charge in [-0.15, -0.1) is 0 Å². The molecule has 0 radical (unpaired) electrons. The van der Waals surface area contributed by atoms with Crippen molar-refractivity contribution in [1.29, 1.82) is 0 Å². The summed E-state index contributed by atoms with van der Waals surface area (Å²) < 4.78 is 22.9. The lowest BCUT2D eigenvalue weighted by molar-refractivity contribution is -0.145. The van der Waals surface area contributed by atoms with E-state index in [4.69, 9.17) is 15.0 Å². The van der Waals surface area contributed by atoms with E-state index < -0.39 is 37.3 Å². The fraction of sp³-hybridized carbons (Fsp3) is 0.579. The van der Waals surface area contributed by atoms with Gasteiger partial charge >= 0.3 is 13.6 Å².